The summed E-state index contributed by atoms with van der Waals surface area (Å²) < 4.78 is 0. The molecule has 11 heavy (non-hydrogen) atoms. The van der Waals surface area contributed by atoms with E-state index in [4.69, 9.17) is 0 Å². The van der Waals surface area contributed by atoms with Crippen LogP contribution in [0.2, 0.25) is 0 Å². The van der Waals surface area contributed by atoms with Crippen molar-refractivity contribution in [1.82, 2.24) is 0 Å². The maximum absolute atomic E-state index is 4.08. The van der Waals surface area contributed by atoms with Crippen molar-refractivity contribution in [2.45, 2.75) is 33.6 Å². The van der Waals surface area contributed by atoms with Crippen LogP contribution in [0.4, 0.5) is 0 Å². The lowest BCUT2D eigenvalue weighted by atomic mass is 9.69. The molecule has 0 fully saturated rings. The quantitative estimate of drug-likeness (QED) is 0.536. The van der Waals surface area contributed by atoms with Gasteiger partial charge in [-0.15, -0.1) is 0 Å². The van der Waals surface area contributed by atoms with Gasteiger partial charge in [-0.1, -0.05) is 45.1 Å². The Morgan fingerprint density at radius 2 is 2.27 bits per heavy atom. The summed E-state index contributed by atoms with van der Waals surface area (Å²) >= 11 is 0. The molecule has 0 heterocycles. The van der Waals surface area contributed by atoms with E-state index in [1.807, 2.05) is 0 Å². The van der Waals surface area contributed by atoms with E-state index in [1.54, 1.807) is 0 Å². The molecule has 0 heteroatoms. The number of hydrogen-bond acceptors (Lipinski definition) is 0. The predicted molar refractivity (Wildman–Crippen MR) is 50.5 cm³/mol. The van der Waals surface area contributed by atoms with E-state index in [1.165, 1.54) is 18.4 Å². The number of hydrogen-bond donors (Lipinski definition) is 0. The van der Waals surface area contributed by atoms with Crippen LogP contribution in [0.3, 0.4) is 0 Å². The van der Waals surface area contributed by atoms with Crippen LogP contribution in [0.5, 0.6) is 0 Å². The van der Waals surface area contributed by atoms with Gasteiger partial charge in [0.15, 0.2) is 0 Å². The van der Waals surface area contributed by atoms with Crippen molar-refractivity contribution in [2.75, 3.05) is 0 Å². The zero-order valence-corrected chi connectivity index (χ0v) is 7.85. The first-order valence-electron chi connectivity index (χ1n) is 4.43. The fraction of sp³-hybridized carbons (Fsp3) is 0.636. The van der Waals surface area contributed by atoms with Crippen molar-refractivity contribution >= 4 is 0 Å². The summed E-state index contributed by atoms with van der Waals surface area (Å²) in [5.74, 6) is 0.687. The first-order valence-corrected chi connectivity index (χ1v) is 4.43. The number of allylic oxidation sites excluding steroid dienone is 3. The molecule has 0 nitrogen and oxygen atoms in total. The van der Waals surface area contributed by atoms with Crippen molar-refractivity contribution < 1.29 is 0 Å². The molecule has 0 saturated carbocycles. The molecule has 62 valence electrons. The van der Waals surface area contributed by atoms with Crippen molar-refractivity contribution in [3.8, 4) is 0 Å². The zero-order valence-electron chi connectivity index (χ0n) is 7.85. The summed E-state index contributed by atoms with van der Waals surface area (Å²) in [6.07, 6.45) is 6.84. The van der Waals surface area contributed by atoms with Crippen molar-refractivity contribution in [3.05, 3.63) is 24.3 Å². The van der Waals surface area contributed by atoms with Gasteiger partial charge in [0, 0.05) is 0 Å². The van der Waals surface area contributed by atoms with Crippen LogP contribution in [0.15, 0.2) is 24.3 Å². The van der Waals surface area contributed by atoms with E-state index in [0.29, 0.717) is 11.3 Å². The lowest BCUT2D eigenvalue weighted by Crippen LogP contribution is -2.26. The van der Waals surface area contributed by atoms with Gasteiger partial charge in [-0.05, 0) is 24.2 Å². The smallest absolute Gasteiger partial charge is 0.0116 e. The molecule has 0 radical (unpaired) electrons. The van der Waals surface area contributed by atoms with Gasteiger partial charge in [0.2, 0.25) is 0 Å². The first kappa shape index (κ1) is 8.58. The van der Waals surface area contributed by atoms with E-state index < -0.39 is 0 Å². The zero-order chi connectivity index (χ0) is 8.48. The lowest BCUT2D eigenvalue weighted by molar-refractivity contribution is 0.240. The first-order chi connectivity index (χ1) is 5.08. The third-order valence-corrected chi connectivity index (χ3v) is 2.78. The molecule has 0 spiro atoms. The van der Waals surface area contributed by atoms with Crippen LogP contribution in [0.1, 0.15) is 33.6 Å². The second kappa shape index (κ2) is 2.84. The number of rotatable bonds is 1. The lowest BCUT2D eigenvalue weighted by Gasteiger charge is -2.36. The monoisotopic (exact) mass is 150 g/mol. The van der Waals surface area contributed by atoms with Gasteiger partial charge in [-0.2, -0.15) is 0 Å². The van der Waals surface area contributed by atoms with Gasteiger partial charge in [0.05, 0.1) is 0 Å². The molecule has 0 bridgehead atoms. The molecule has 0 amide bonds. The Balaban J connectivity index is 2.85. The maximum Gasteiger partial charge on any atom is -0.0116 e. The highest BCUT2D eigenvalue weighted by Gasteiger charge is 2.30. The van der Waals surface area contributed by atoms with Crippen molar-refractivity contribution in [3.63, 3.8) is 0 Å². The van der Waals surface area contributed by atoms with Gasteiger partial charge in [-0.3, -0.25) is 0 Å². The minimum atomic E-state index is 0.431. The SMILES string of the molecule is C=C1C=CCC(C)(C)C1CC. The van der Waals surface area contributed by atoms with Crippen LogP contribution >= 0.6 is 0 Å². The van der Waals surface area contributed by atoms with E-state index in [9.17, 15) is 0 Å². The van der Waals surface area contributed by atoms with E-state index >= 15 is 0 Å². The highest BCUT2D eigenvalue weighted by atomic mass is 14.3. The Morgan fingerprint density at radius 3 is 2.64 bits per heavy atom. The summed E-state index contributed by atoms with van der Waals surface area (Å²) in [4.78, 5) is 0. The summed E-state index contributed by atoms with van der Waals surface area (Å²) in [6.45, 7) is 11.0. The van der Waals surface area contributed by atoms with Gasteiger partial charge >= 0.3 is 0 Å². The maximum atomic E-state index is 4.08. The summed E-state index contributed by atoms with van der Waals surface area (Å²) in [5.41, 5.74) is 1.74. The van der Waals surface area contributed by atoms with Crippen LogP contribution in [-0.4, -0.2) is 0 Å². The minimum absolute atomic E-state index is 0.431. The van der Waals surface area contributed by atoms with Crippen LogP contribution in [0.25, 0.3) is 0 Å². The Morgan fingerprint density at radius 1 is 1.64 bits per heavy atom. The molecule has 1 aliphatic rings. The highest BCUT2D eigenvalue weighted by Crippen LogP contribution is 2.41. The van der Waals surface area contributed by atoms with E-state index in [0.717, 1.165) is 0 Å². The van der Waals surface area contributed by atoms with Gasteiger partial charge in [0.25, 0.3) is 0 Å². The third kappa shape index (κ3) is 1.55. The molecular formula is C11H18. The molecule has 0 aromatic heterocycles. The molecule has 0 N–H and O–H groups in total. The van der Waals surface area contributed by atoms with Crippen LogP contribution < -0.4 is 0 Å². The standard InChI is InChI=1S/C11H18/c1-5-10-9(2)7-6-8-11(10,3)4/h6-7,10H,2,5,8H2,1,3-4H3. The molecule has 1 unspecified atom stereocenters. The van der Waals surface area contributed by atoms with Crippen LogP contribution in [-0.2, 0) is 0 Å². The fourth-order valence-corrected chi connectivity index (χ4v) is 2.09. The Kier molecular flexibility index (Phi) is 2.22. The topological polar surface area (TPSA) is 0 Å². The van der Waals surface area contributed by atoms with Crippen molar-refractivity contribution in [1.29, 1.82) is 0 Å². The Labute approximate surface area is 70.0 Å². The molecule has 0 aliphatic heterocycles. The molecule has 1 atom stereocenters. The molecule has 1 aliphatic carbocycles. The average Bonchev–Trinajstić information content (AvgIpc) is 1.86. The second-order valence-electron chi connectivity index (χ2n) is 4.13. The van der Waals surface area contributed by atoms with Crippen molar-refractivity contribution in [2.24, 2.45) is 11.3 Å². The summed E-state index contributed by atoms with van der Waals surface area (Å²) in [6, 6.07) is 0. The Hall–Kier alpha value is -0.520. The van der Waals surface area contributed by atoms with E-state index in [2.05, 4.69) is 39.5 Å². The molecule has 0 aromatic carbocycles. The molecular weight excluding hydrogens is 132 g/mol. The van der Waals surface area contributed by atoms with Gasteiger partial charge < -0.3 is 0 Å². The molecule has 0 saturated heterocycles. The van der Waals surface area contributed by atoms with Gasteiger partial charge in [0.1, 0.15) is 0 Å². The largest absolute Gasteiger partial charge is 0.0955 e. The average molecular weight is 150 g/mol. The van der Waals surface area contributed by atoms with Gasteiger partial charge in [-0.25, -0.2) is 0 Å². The fourth-order valence-electron chi connectivity index (χ4n) is 2.09. The predicted octanol–water partition coefficient (Wildman–Crippen LogP) is 3.55. The normalized spacial score (nSPS) is 29.0. The minimum Gasteiger partial charge on any atom is -0.0955 e. The van der Waals surface area contributed by atoms with E-state index in [-0.39, 0.29) is 0 Å². The highest BCUT2D eigenvalue weighted by molar-refractivity contribution is 5.24. The Bertz CT molecular complexity index is 184. The summed E-state index contributed by atoms with van der Waals surface area (Å²) in [7, 11) is 0. The third-order valence-electron chi connectivity index (χ3n) is 2.78. The van der Waals surface area contributed by atoms with Crippen LogP contribution in [0, 0.1) is 11.3 Å². The molecule has 0 aromatic rings. The summed E-state index contributed by atoms with van der Waals surface area (Å²) in [5, 5.41) is 0. The molecule has 1 rings (SSSR count). The second-order valence-corrected chi connectivity index (χ2v) is 4.13.